The molecule has 2 rings (SSSR count). The number of ether oxygens (including phenoxy) is 2. The number of esters is 2. The number of Topliss-reactive ketones (excluding diaryl/α,β-unsaturated/α-hetero) is 2. The van der Waals surface area contributed by atoms with E-state index in [2.05, 4.69) is 10.6 Å². The van der Waals surface area contributed by atoms with E-state index in [4.69, 9.17) is 9.47 Å². The van der Waals surface area contributed by atoms with E-state index in [1.165, 1.54) is 0 Å². The van der Waals surface area contributed by atoms with Crippen molar-refractivity contribution in [1.82, 2.24) is 10.6 Å². The van der Waals surface area contributed by atoms with Gasteiger partial charge in [0.15, 0.2) is 19.0 Å². The van der Waals surface area contributed by atoms with Gasteiger partial charge >= 0.3 is 11.9 Å². The molecule has 1 atom stereocenters. The Balaban J connectivity index is 1.92. The highest BCUT2D eigenvalue weighted by atomic mass is 16.5. The summed E-state index contributed by atoms with van der Waals surface area (Å²) in [7, 11) is 0. The summed E-state index contributed by atoms with van der Waals surface area (Å²) in [5.74, 6) is -1.47. The number of nitrogens with one attached hydrogen (secondary N) is 2. The molecule has 0 heterocycles. The standard InChI is InChI=1S/C28H36N2O6/c1-5-13-29-15-27(33)35-17-25(31)22-9-7-21(8-10-22)23-11-12-24(19(3)14-23)26(32)18-36-28(34)16-30-20(4)6-2/h7-12,14,20,29-30H,5-6,13,15-18H2,1-4H3/t20-/m0/s1. The van der Waals surface area contributed by atoms with Crippen molar-refractivity contribution in [3.05, 3.63) is 59.2 Å². The first-order valence-electron chi connectivity index (χ1n) is 12.3. The molecule has 2 N–H and O–H groups in total. The highest BCUT2D eigenvalue weighted by Crippen LogP contribution is 2.23. The zero-order valence-corrected chi connectivity index (χ0v) is 21.5. The molecule has 194 valence electrons. The van der Waals surface area contributed by atoms with Crippen molar-refractivity contribution in [2.75, 3.05) is 32.8 Å². The summed E-state index contributed by atoms with van der Waals surface area (Å²) in [5, 5.41) is 5.96. The number of hydrogen-bond donors (Lipinski definition) is 2. The fourth-order valence-corrected chi connectivity index (χ4v) is 3.33. The summed E-state index contributed by atoms with van der Waals surface area (Å²) in [6.45, 7) is 8.05. The first-order chi connectivity index (χ1) is 17.2. The second kappa shape index (κ2) is 14.9. The van der Waals surface area contributed by atoms with Crippen LogP contribution in [0.2, 0.25) is 0 Å². The Kier molecular flexibility index (Phi) is 12.0. The molecule has 0 fully saturated rings. The van der Waals surface area contributed by atoms with Gasteiger partial charge in [0.1, 0.15) is 0 Å². The molecule has 0 unspecified atom stereocenters. The average molecular weight is 497 g/mol. The van der Waals surface area contributed by atoms with Gasteiger partial charge in [-0.15, -0.1) is 0 Å². The van der Waals surface area contributed by atoms with Crippen LogP contribution in [0, 0.1) is 6.92 Å². The third-order valence-electron chi connectivity index (χ3n) is 5.70. The molecule has 0 aliphatic rings. The van der Waals surface area contributed by atoms with E-state index in [-0.39, 0.29) is 43.9 Å². The third-order valence-corrected chi connectivity index (χ3v) is 5.70. The van der Waals surface area contributed by atoms with E-state index in [0.717, 1.165) is 29.5 Å². The molecule has 0 radical (unpaired) electrons. The molecule has 0 bridgehead atoms. The molecule has 36 heavy (non-hydrogen) atoms. The highest BCUT2D eigenvalue weighted by molar-refractivity contribution is 6.00. The van der Waals surface area contributed by atoms with Crippen molar-refractivity contribution in [3.8, 4) is 11.1 Å². The predicted octanol–water partition coefficient (Wildman–Crippen LogP) is 3.50. The normalized spacial score (nSPS) is 11.6. The minimum absolute atomic E-state index is 0.0668. The van der Waals surface area contributed by atoms with E-state index < -0.39 is 11.9 Å². The van der Waals surface area contributed by atoms with Crippen LogP contribution in [0.3, 0.4) is 0 Å². The van der Waals surface area contributed by atoms with Crippen LogP contribution in [0.1, 0.15) is 59.9 Å². The average Bonchev–Trinajstić information content (AvgIpc) is 2.89. The molecule has 0 aromatic heterocycles. The zero-order chi connectivity index (χ0) is 26.5. The van der Waals surface area contributed by atoms with Gasteiger partial charge in [0, 0.05) is 17.2 Å². The largest absolute Gasteiger partial charge is 0.456 e. The van der Waals surface area contributed by atoms with Crippen LogP contribution in [0.25, 0.3) is 11.1 Å². The van der Waals surface area contributed by atoms with Gasteiger partial charge in [0.05, 0.1) is 13.1 Å². The van der Waals surface area contributed by atoms with Gasteiger partial charge in [-0.25, -0.2) is 0 Å². The van der Waals surface area contributed by atoms with E-state index in [0.29, 0.717) is 17.7 Å². The number of aryl methyl sites for hydroxylation is 1. The van der Waals surface area contributed by atoms with Gasteiger partial charge in [-0.1, -0.05) is 56.3 Å². The maximum absolute atomic E-state index is 12.5. The van der Waals surface area contributed by atoms with Gasteiger partial charge in [0.2, 0.25) is 5.78 Å². The first-order valence-corrected chi connectivity index (χ1v) is 12.3. The van der Waals surface area contributed by atoms with Crippen molar-refractivity contribution in [2.45, 2.75) is 46.6 Å². The quantitative estimate of drug-likeness (QED) is 0.219. The van der Waals surface area contributed by atoms with Crippen molar-refractivity contribution in [1.29, 1.82) is 0 Å². The van der Waals surface area contributed by atoms with Crippen LogP contribution in [-0.2, 0) is 19.1 Å². The number of benzene rings is 2. The van der Waals surface area contributed by atoms with Gasteiger partial charge < -0.3 is 20.1 Å². The Bertz CT molecular complexity index is 1050. The Morgan fingerprint density at radius 3 is 2.06 bits per heavy atom. The summed E-state index contributed by atoms with van der Waals surface area (Å²) < 4.78 is 10.1. The summed E-state index contributed by atoms with van der Waals surface area (Å²) >= 11 is 0. The zero-order valence-electron chi connectivity index (χ0n) is 21.5. The second-order valence-corrected chi connectivity index (χ2v) is 8.64. The second-order valence-electron chi connectivity index (χ2n) is 8.64. The number of carbonyl (C=O) groups is 4. The van der Waals surface area contributed by atoms with Crippen LogP contribution < -0.4 is 10.6 Å². The Hall–Kier alpha value is -3.36. The molecule has 2 aromatic rings. The maximum Gasteiger partial charge on any atom is 0.320 e. The maximum atomic E-state index is 12.5. The predicted molar refractivity (Wildman–Crippen MR) is 138 cm³/mol. The van der Waals surface area contributed by atoms with Crippen LogP contribution in [0.5, 0.6) is 0 Å². The van der Waals surface area contributed by atoms with Crippen LogP contribution in [0.15, 0.2) is 42.5 Å². The minimum atomic E-state index is -0.463. The summed E-state index contributed by atoms with van der Waals surface area (Å²) in [5.41, 5.74) is 3.45. The topological polar surface area (TPSA) is 111 Å². The first kappa shape index (κ1) is 28.9. The molecule has 8 heteroatoms. The van der Waals surface area contributed by atoms with Crippen molar-refractivity contribution in [3.63, 3.8) is 0 Å². The van der Waals surface area contributed by atoms with Gasteiger partial charge in [-0.3, -0.25) is 19.2 Å². The molecule has 0 spiro atoms. The molecular weight excluding hydrogens is 460 g/mol. The molecule has 8 nitrogen and oxygen atoms in total. The number of carbonyl (C=O) groups excluding carboxylic acids is 4. The van der Waals surface area contributed by atoms with E-state index in [1.54, 1.807) is 30.3 Å². The SMILES string of the molecule is CCCNCC(=O)OCC(=O)c1ccc(-c2ccc(C(=O)COC(=O)CN[C@@H](C)CC)c(C)c2)cc1. The minimum Gasteiger partial charge on any atom is -0.456 e. The Morgan fingerprint density at radius 2 is 1.44 bits per heavy atom. The highest BCUT2D eigenvalue weighted by Gasteiger charge is 2.14. The molecule has 0 amide bonds. The van der Waals surface area contributed by atoms with Crippen LogP contribution in [0.4, 0.5) is 0 Å². The molecule has 0 aliphatic heterocycles. The monoisotopic (exact) mass is 496 g/mol. The Morgan fingerprint density at radius 1 is 0.833 bits per heavy atom. The smallest absolute Gasteiger partial charge is 0.320 e. The lowest BCUT2D eigenvalue weighted by Crippen LogP contribution is -2.32. The van der Waals surface area contributed by atoms with Crippen molar-refractivity contribution < 1.29 is 28.7 Å². The fourth-order valence-electron chi connectivity index (χ4n) is 3.33. The van der Waals surface area contributed by atoms with Gasteiger partial charge in [-0.2, -0.15) is 0 Å². The molecular formula is C28H36N2O6. The molecule has 0 aliphatic carbocycles. The van der Waals surface area contributed by atoms with Crippen LogP contribution in [-0.4, -0.2) is 62.4 Å². The number of hydrogen-bond acceptors (Lipinski definition) is 8. The van der Waals surface area contributed by atoms with Gasteiger partial charge in [-0.05, 0) is 49.9 Å². The Labute approximate surface area is 212 Å². The lowest BCUT2D eigenvalue weighted by molar-refractivity contribution is -0.142. The van der Waals surface area contributed by atoms with E-state index in [9.17, 15) is 19.2 Å². The molecule has 0 saturated heterocycles. The molecule has 0 saturated carbocycles. The summed E-state index contributed by atoms with van der Waals surface area (Å²) in [4.78, 5) is 48.4. The lowest BCUT2D eigenvalue weighted by Gasteiger charge is -2.11. The summed E-state index contributed by atoms with van der Waals surface area (Å²) in [6.07, 6.45) is 1.80. The lowest BCUT2D eigenvalue weighted by atomic mass is 9.97. The number of ketones is 2. The number of rotatable bonds is 15. The van der Waals surface area contributed by atoms with E-state index in [1.807, 2.05) is 39.8 Å². The molecule has 2 aromatic carbocycles. The fraction of sp³-hybridized carbons (Fsp3) is 0.429. The van der Waals surface area contributed by atoms with E-state index >= 15 is 0 Å². The van der Waals surface area contributed by atoms with Crippen LogP contribution >= 0.6 is 0 Å². The third kappa shape index (κ3) is 9.36. The van der Waals surface area contributed by atoms with Crippen molar-refractivity contribution >= 4 is 23.5 Å². The van der Waals surface area contributed by atoms with Crippen molar-refractivity contribution in [2.24, 2.45) is 0 Å². The summed E-state index contributed by atoms with van der Waals surface area (Å²) in [6, 6.07) is 12.6. The van der Waals surface area contributed by atoms with Gasteiger partial charge in [0.25, 0.3) is 0 Å².